The molecular formula is C12H15N3O2. The summed E-state index contributed by atoms with van der Waals surface area (Å²) in [6, 6.07) is 11.1. The maximum atomic E-state index is 11.1. The highest BCUT2D eigenvalue weighted by Crippen LogP contribution is 2.07. The molecule has 2 amide bonds. The van der Waals surface area contributed by atoms with Gasteiger partial charge in [0.2, 0.25) is 0 Å². The molecule has 0 spiro atoms. The Morgan fingerprint density at radius 1 is 1.24 bits per heavy atom. The van der Waals surface area contributed by atoms with Crippen molar-refractivity contribution in [2.75, 3.05) is 19.7 Å². The van der Waals surface area contributed by atoms with E-state index in [1.165, 1.54) is 0 Å². The number of carbonyl (C=O) groups is 1. The number of carbonyl (C=O) groups excluding carboxylic acids is 1. The quantitative estimate of drug-likeness (QED) is 0.727. The zero-order valence-electron chi connectivity index (χ0n) is 9.48. The van der Waals surface area contributed by atoms with Crippen LogP contribution in [-0.4, -0.2) is 25.7 Å². The Labute approximate surface area is 100 Å². The molecule has 0 aliphatic heterocycles. The molecule has 90 valence electrons. The third kappa shape index (κ3) is 6.05. The summed E-state index contributed by atoms with van der Waals surface area (Å²) in [6.45, 7) is 1.20. The van der Waals surface area contributed by atoms with Crippen molar-refractivity contribution < 1.29 is 9.53 Å². The molecule has 5 heteroatoms. The van der Waals surface area contributed by atoms with E-state index >= 15 is 0 Å². The highest BCUT2D eigenvalue weighted by molar-refractivity contribution is 5.73. The Morgan fingerprint density at radius 3 is 2.65 bits per heavy atom. The number of ether oxygens (including phenoxy) is 1. The molecule has 0 heterocycles. The first-order valence-electron chi connectivity index (χ1n) is 5.39. The topological polar surface area (TPSA) is 74.2 Å². The van der Waals surface area contributed by atoms with Gasteiger partial charge in [0.15, 0.2) is 0 Å². The average molecular weight is 233 g/mol. The zero-order chi connectivity index (χ0) is 12.3. The first kappa shape index (κ1) is 12.8. The van der Waals surface area contributed by atoms with E-state index in [1.54, 1.807) is 0 Å². The SMILES string of the molecule is N#CCCNC(=O)NCCOc1ccccc1. The summed E-state index contributed by atoms with van der Waals surface area (Å²) >= 11 is 0. The second-order valence-corrected chi connectivity index (χ2v) is 3.25. The lowest BCUT2D eigenvalue weighted by Gasteiger charge is -2.07. The lowest BCUT2D eigenvalue weighted by molar-refractivity contribution is 0.236. The molecule has 1 aromatic rings. The minimum Gasteiger partial charge on any atom is -0.492 e. The third-order valence-electron chi connectivity index (χ3n) is 1.92. The molecule has 0 fully saturated rings. The third-order valence-corrected chi connectivity index (χ3v) is 1.92. The highest BCUT2D eigenvalue weighted by Gasteiger charge is 1.98. The number of urea groups is 1. The van der Waals surface area contributed by atoms with Crippen LogP contribution in [0.2, 0.25) is 0 Å². The summed E-state index contributed by atoms with van der Waals surface area (Å²) in [6.07, 6.45) is 0.313. The van der Waals surface area contributed by atoms with Crippen LogP contribution >= 0.6 is 0 Å². The van der Waals surface area contributed by atoms with Gasteiger partial charge in [0.1, 0.15) is 12.4 Å². The number of amides is 2. The average Bonchev–Trinajstić information content (AvgIpc) is 2.36. The number of rotatable bonds is 6. The highest BCUT2D eigenvalue weighted by atomic mass is 16.5. The second-order valence-electron chi connectivity index (χ2n) is 3.25. The van der Waals surface area contributed by atoms with E-state index in [0.29, 0.717) is 26.1 Å². The lowest BCUT2D eigenvalue weighted by Crippen LogP contribution is -2.38. The molecule has 0 aliphatic rings. The first-order valence-corrected chi connectivity index (χ1v) is 5.39. The minimum absolute atomic E-state index is 0.281. The van der Waals surface area contributed by atoms with Crippen LogP contribution < -0.4 is 15.4 Å². The van der Waals surface area contributed by atoms with Crippen molar-refractivity contribution in [2.24, 2.45) is 0 Å². The predicted molar refractivity (Wildman–Crippen MR) is 63.6 cm³/mol. The fourth-order valence-electron chi connectivity index (χ4n) is 1.14. The van der Waals surface area contributed by atoms with Gasteiger partial charge in [-0.25, -0.2) is 4.79 Å². The van der Waals surface area contributed by atoms with Crippen molar-refractivity contribution in [3.05, 3.63) is 30.3 Å². The molecule has 1 rings (SSSR count). The van der Waals surface area contributed by atoms with Gasteiger partial charge in [-0.3, -0.25) is 0 Å². The van der Waals surface area contributed by atoms with Gasteiger partial charge in [-0.1, -0.05) is 18.2 Å². The van der Waals surface area contributed by atoms with E-state index in [1.807, 2.05) is 36.4 Å². The normalized spacial score (nSPS) is 9.12. The Bertz CT molecular complexity index is 373. The van der Waals surface area contributed by atoms with Crippen molar-refractivity contribution in [3.63, 3.8) is 0 Å². The minimum atomic E-state index is -0.281. The van der Waals surface area contributed by atoms with Crippen molar-refractivity contribution in [1.29, 1.82) is 5.26 Å². The maximum Gasteiger partial charge on any atom is 0.314 e. The Kier molecular flexibility index (Phi) is 6.04. The van der Waals surface area contributed by atoms with E-state index in [2.05, 4.69) is 10.6 Å². The summed E-state index contributed by atoms with van der Waals surface area (Å²) in [5, 5.41) is 13.5. The molecule has 0 saturated heterocycles. The monoisotopic (exact) mass is 233 g/mol. The predicted octanol–water partition coefficient (Wildman–Crippen LogP) is 1.28. The van der Waals surface area contributed by atoms with Gasteiger partial charge in [-0.2, -0.15) is 5.26 Å². The summed E-state index contributed by atoms with van der Waals surface area (Å²) in [5.74, 6) is 0.777. The molecule has 0 bridgehead atoms. The Hall–Kier alpha value is -2.22. The van der Waals surface area contributed by atoms with Crippen LogP contribution in [0.25, 0.3) is 0 Å². The van der Waals surface area contributed by atoms with E-state index in [-0.39, 0.29) is 6.03 Å². The fourth-order valence-corrected chi connectivity index (χ4v) is 1.14. The van der Waals surface area contributed by atoms with Gasteiger partial charge in [-0.05, 0) is 12.1 Å². The van der Waals surface area contributed by atoms with Crippen LogP contribution in [0.4, 0.5) is 4.79 Å². The summed E-state index contributed by atoms with van der Waals surface area (Å²) in [5.41, 5.74) is 0. The number of benzene rings is 1. The lowest BCUT2D eigenvalue weighted by atomic mass is 10.3. The molecule has 1 aromatic carbocycles. The Morgan fingerprint density at radius 2 is 1.94 bits per heavy atom. The standard InChI is InChI=1S/C12H15N3O2/c13-7-4-8-14-12(16)15-9-10-17-11-5-2-1-3-6-11/h1-3,5-6H,4,8-10H2,(H2,14,15,16). The number of hydrogen-bond donors (Lipinski definition) is 2. The van der Waals surface area contributed by atoms with E-state index in [9.17, 15) is 4.79 Å². The molecule has 5 nitrogen and oxygen atoms in total. The van der Waals surface area contributed by atoms with Gasteiger partial charge >= 0.3 is 6.03 Å². The van der Waals surface area contributed by atoms with Crippen molar-refractivity contribution >= 4 is 6.03 Å². The fraction of sp³-hybridized carbons (Fsp3) is 0.333. The van der Waals surface area contributed by atoms with E-state index in [0.717, 1.165) is 5.75 Å². The van der Waals surface area contributed by atoms with Gasteiger partial charge in [0.05, 0.1) is 19.0 Å². The Balaban J connectivity index is 2.04. The van der Waals surface area contributed by atoms with Gasteiger partial charge in [0, 0.05) is 6.54 Å². The van der Waals surface area contributed by atoms with Crippen LogP contribution in [0.3, 0.4) is 0 Å². The molecule has 17 heavy (non-hydrogen) atoms. The molecule has 0 aromatic heterocycles. The molecule has 0 unspecified atom stereocenters. The van der Waals surface area contributed by atoms with Crippen molar-refractivity contribution in [2.45, 2.75) is 6.42 Å². The van der Waals surface area contributed by atoms with Crippen LogP contribution in [0.5, 0.6) is 5.75 Å². The summed E-state index contributed by atoms with van der Waals surface area (Å²) in [4.78, 5) is 11.1. The largest absolute Gasteiger partial charge is 0.492 e. The van der Waals surface area contributed by atoms with Crippen molar-refractivity contribution in [1.82, 2.24) is 10.6 Å². The van der Waals surface area contributed by atoms with Gasteiger partial charge < -0.3 is 15.4 Å². The van der Waals surface area contributed by atoms with Crippen LogP contribution in [0.1, 0.15) is 6.42 Å². The first-order chi connectivity index (χ1) is 8.33. The molecule has 0 aliphatic carbocycles. The number of nitriles is 1. The van der Waals surface area contributed by atoms with Crippen LogP contribution in [-0.2, 0) is 0 Å². The molecule has 0 radical (unpaired) electrons. The van der Waals surface area contributed by atoms with Gasteiger partial charge in [0.25, 0.3) is 0 Å². The van der Waals surface area contributed by atoms with E-state index in [4.69, 9.17) is 10.00 Å². The van der Waals surface area contributed by atoms with E-state index < -0.39 is 0 Å². The maximum absolute atomic E-state index is 11.1. The number of nitrogens with one attached hydrogen (secondary N) is 2. The zero-order valence-corrected chi connectivity index (χ0v) is 9.48. The molecule has 0 atom stereocenters. The van der Waals surface area contributed by atoms with Crippen LogP contribution in [0, 0.1) is 11.3 Å². The van der Waals surface area contributed by atoms with Crippen molar-refractivity contribution in [3.8, 4) is 11.8 Å². The molecule has 2 N–H and O–H groups in total. The summed E-state index contributed by atoms with van der Waals surface area (Å²) in [7, 11) is 0. The number of nitrogens with zero attached hydrogens (tertiary/aromatic N) is 1. The molecular weight excluding hydrogens is 218 g/mol. The molecule has 0 saturated carbocycles. The second kappa shape index (κ2) is 7.99. The summed E-state index contributed by atoms with van der Waals surface area (Å²) < 4.78 is 5.39. The smallest absolute Gasteiger partial charge is 0.314 e. The number of hydrogen-bond acceptors (Lipinski definition) is 3. The van der Waals surface area contributed by atoms with Gasteiger partial charge in [-0.15, -0.1) is 0 Å². The van der Waals surface area contributed by atoms with Crippen LogP contribution in [0.15, 0.2) is 30.3 Å². The number of para-hydroxylation sites is 1.